The van der Waals surface area contributed by atoms with Crippen molar-refractivity contribution < 1.29 is 18.0 Å². The number of anilines is 1. The first-order valence-electron chi connectivity index (χ1n) is 7.21. The maximum atomic E-state index is 12.7. The van der Waals surface area contributed by atoms with E-state index in [4.69, 9.17) is 5.73 Å². The Bertz CT molecular complexity index is 713. The topological polar surface area (TPSA) is 110 Å². The van der Waals surface area contributed by atoms with E-state index >= 15 is 0 Å². The van der Waals surface area contributed by atoms with Gasteiger partial charge in [-0.15, -0.1) is 0 Å². The van der Waals surface area contributed by atoms with Gasteiger partial charge in [-0.1, -0.05) is 13.0 Å². The van der Waals surface area contributed by atoms with Gasteiger partial charge in [0.15, 0.2) is 0 Å². The number of amides is 2. The Balaban J connectivity index is 2.26. The maximum Gasteiger partial charge on any atom is 0.247 e. The van der Waals surface area contributed by atoms with Gasteiger partial charge in [0.05, 0.1) is 4.90 Å². The number of nitrogens with one attached hydrogen (secondary N) is 1. The maximum absolute atomic E-state index is 12.7. The van der Waals surface area contributed by atoms with Crippen molar-refractivity contribution in [3.8, 4) is 0 Å². The van der Waals surface area contributed by atoms with Crippen LogP contribution in [-0.4, -0.2) is 37.1 Å². The van der Waals surface area contributed by atoms with Crippen LogP contribution in [0.4, 0.5) is 5.69 Å². The van der Waals surface area contributed by atoms with E-state index in [0.29, 0.717) is 18.5 Å². The van der Waals surface area contributed by atoms with Gasteiger partial charge in [0.1, 0.15) is 6.04 Å². The molecule has 7 nitrogen and oxygen atoms in total. The Morgan fingerprint density at radius 2 is 1.91 bits per heavy atom. The van der Waals surface area contributed by atoms with Crippen LogP contribution in [0.1, 0.15) is 19.3 Å². The Kier molecular flexibility index (Phi) is 5.17. The van der Waals surface area contributed by atoms with Gasteiger partial charge in [-0.05, 0) is 43.2 Å². The Morgan fingerprint density at radius 3 is 2.48 bits per heavy atom. The molecule has 1 unspecified atom stereocenters. The van der Waals surface area contributed by atoms with Crippen LogP contribution in [0.25, 0.3) is 0 Å². The van der Waals surface area contributed by atoms with Gasteiger partial charge in [-0.25, -0.2) is 8.42 Å². The normalized spacial score (nSPS) is 19.0. The molecule has 2 rings (SSSR count). The Labute approximate surface area is 135 Å². The summed E-state index contributed by atoms with van der Waals surface area (Å²) < 4.78 is 26.6. The zero-order chi connectivity index (χ0) is 17.0. The van der Waals surface area contributed by atoms with Gasteiger partial charge in [-0.2, -0.15) is 4.31 Å². The number of nitrogens with two attached hydrogens (primary N) is 1. The first-order chi connectivity index (χ1) is 10.9. The second kappa shape index (κ2) is 6.93. The van der Waals surface area contributed by atoms with Crippen molar-refractivity contribution in [2.75, 3.05) is 11.9 Å². The lowest BCUT2D eigenvalue weighted by Crippen LogP contribution is -2.50. The van der Waals surface area contributed by atoms with Gasteiger partial charge in [0, 0.05) is 12.2 Å². The number of carbonyl (C=O) groups is 2. The fraction of sp³-hybridized carbons (Fsp3) is 0.333. The third-order valence-corrected chi connectivity index (χ3v) is 5.62. The van der Waals surface area contributed by atoms with Crippen molar-refractivity contribution in [2.45, 2.75) is 30.2 Å². The molecule has 0 aromatic heterocycles. The number of rotatable bonds is 5. The number of hydrogen-bond acceptors (Lipinski definition) is 4. The molecule has 1 aromatic rings. The summed E-state index contributed by atoms with van der Waals surface area (Å²) in [6.45, 7) is 3.61. The van der Waals surface area contributed by atoms with Crippen LogP contribution in [0.3, 0.4) is 0 Å². The van der Waals surface area contributed by atoms with E-state index < -0.39 is 22.0 Å². The van der Waals surface area contributed by atoms with Crippen LogP contribution in [0, 0.1) is 0 Å². The molecule has 1 heterocycles. The predicted octanol–water partition coefficient (Wildman–Crippen LogP) is 0.840. The molecule has 23 heavy (non-hydrogen) atoms. The monoisotopic (exact) mass is 337 g/mol. The van der Waals surface area contributed by atoms with Crippen LogP contribution in [0.5, 0.6) is 0 Å². The average Bonchev–Trinajstić information content (AvgIpc) is 2.55. The molecule has 8 heteroatoms. The van der Waals surface area contributed by atoms with E-state index in [9.17, 15) is 18.0 Å². The first kappa shape index (κ1) is 17.2. The fourth-order valence-electron chi connectivity index (χ4n) is 2.52. The van der Waals surface area contributed by atoms with Crippen molar-refractivity contribution in [3.05, 3.63) is 36.9 Å². The summed E-state index contributed by atoms with van der Waals surface area (Å²) in [4.78, 5) is 22.8. The highest BCUT2D eigenvalue weighted by Gasteiger charge is 2.36. The van der Waals surface area contributed by atoms with Crippen molar-refractivity contribution in [2.24, 2.45) is 5.73 Å². The number of piperidine rings is 1. The summed E-state index contributed by atoms with van der Waals surface area (Å²) >= 11 is 0. The quantitative estimate of drug-likeness (QED) is 0.776. The van der Waals surface area contributed by atoms with Gasteiger partial charge >= 0.3 is 0 Å². The molecule has 1 aliphatic rings. The zero-order valence-corrected chi connectivity index (χ0v) is 13.4. The lowest BCUT2D eigenvalue weighted by molar-refractivity contribution is -0.122. The highest BCUT2D eigenvalue weighted by Crippen LogP contribution is 2.26. The summed E-state index contributed by atoms with van der Waals surface area (Å²) in [6, 6.07) is 4.94. The molecule has 1 aliphatic heterocycles. The molecule has 0 aliphatic carbocycles. The average molecular weight is 337 g/mol. The minimum absolute atomic E-state index is 0.0576. The van der Waals surface area contributed by atoms with E-state index in [-0.39, 0.29) is 17.3 Å². The Hall–Kier alpha value is -2.19. The highest BCUT2D eigenvalue weighted by molar-refractivity contribution is 7.89. The van der Waals surface area contributed by atoms with Gasteiger partial charge in [0.2, 0.25) is 21.8 Å². The molecule has 0 spiro atoms. The minimum Gasteiger partial charge on any atom is -0.368 e. The second-order valence-electron chi connectivity index (χ2n) is 5.25. The largest absolute Gasteiger partial charge is 0.368 e. The molecule has 1 aromatic carbocycles. The number of sulfonamides is 1. The van der Waals surface area contributed by atoms with E-state index in [2.05, 4.69) is 11.9 Å². The molecule has 3 N–H and O–H groups in total. The van der Waals surface area contributed by atoms with Crippen molar-refractivity contribution >= 4 is 27.5 Å². The molecule has 1 saturated heterocycles. The highest BCUT2D eigenvalue weighted by atomic mass is 32.2. The van der Waals surface area contributed by atoms with E-state index in [0.717, 1.165) is 16.8 Å². The molecular weight excluding hydrogens is 318 g/mol. The smallest absolute Gasteiger partial charge is 0.247 e. The molecule has 2 amide bonds. The number of benzene rings is 1. The third kappa shape index (κ3) is 3.77. The number of nitrogens with zero attached hydrogens (tertiary/aromatic N) is 1. The molecule has 124 valence electrons. The summed E-state index contributed by atoms with van der Waals surface area (Å²) in [7, 11) is -3.81. The molecule has 0 bridgehead atoms. The van der Waals surface area contributed by atoms with E-state index in [1.807, 2.05) is 0 Å². The molecule has 0 radical (unpaired) electrons. The Morgan fingerprint density at radius 1 is 1.26 bits per heavy atom. The third-order valence-electron chi connectivity index (χ3n) is 3.70. The molecule has 0 saturated carbocycles. The van der Waals surface area contributed by atoms with Crippen molar-refractivity contribution in [3.63, 3.8) is 0 Å². The number of primary amides is 1. The second-order valence-corrected chi connectivity index (χ2v) is 7.14. The van der Waals surface area contributed by atoms with Crippen LogP contribution in [0.15, 0.2) is 41.8 Å². The SMILES string of the molecule is C=CC(=O)Nc1ccc(S(=O)(=O)N2CCCCC2C(N)=O)cc1. The van der Waals surface area contributed by atoms with Crippen LogP contribution >= 0.6 is 0 Å². The van der Waals surface area contributed by atoms with Crippen LogP contribution in [-0.2, 0) is 19.6 Å². The van der Waals surface area contributed by atoms with Gasteiger partial charge in [0.25, 0.3) is 0 Å². The zero-order valence-electron chi connectivity index (χ0n) is 12.6. The first-order valence-corrected chi connectivity index (χ1v) is 8.65. The van der Waals surface area contributed by atoms with E-state index in [1.165, 1.54) is 24.3 Å². The van der Waals surface area contributed by atoms with Crippen LogP contribution in [0.2, 0.25) is 0 Å². The number of hydrogen-bond donors (Lipinski definition) is 2. The standard InChI is InChI=1S/C15H19N3O4S/c1-2-14(19)17-11-6-8-12(9-7-11)23(21,22)18-10-4-3-5-13(18)15(16)20/h2,6-9,13H,1,3-5,10H2,(H2,16,20)(H,17,19). The lowest BCUT2D eigenvalue weighted by Gasteiger charge is -2.32. The molecule has 1 fully saturated rings. The summed E-state index contributed by atoms with van der Waals surface area (Å²) in [5, 5.41) is 2.54. The van der Waals surface area contributed by atoms with Gasteiger partial charge in [-0.3, -0.25) is 9.59 Å². The van der Waals surface area contributed by atoms with Crippen LogP contribution < -0.4 is 11.1 Å². The lowest BCUT2D eigenvalue weighted by atomic mass is 10.0. The van der Waals surface area contributed by atoms with Crippen molar-refractivity contribution in [1.29, 1.82) is 0 Å². The van der Waals surface area contributed by atoms with Crippen molar-refractivity contribution in [1.82, 2.24) is 4.31 Å². The molecule has 1 atom stereocenters. The number of carbonyl (C=O) groups excluding carboxylic acids is 2. The fourth-order valence-corrected chi connectivity index (χ4v) is 4.18. The van der Waals surface area contributed by atoms with Gasteiger partial charge < -0.3 is 11.1 Å². The van der Waals surface area contributed by atoms with E-state index in [1.54, 1.807) is 0 Å². The summed E-state index contributed by atoms with van der Waals surface area (Å²) in [5.74, 6) is -1.02. The summed E-state index contributed by atoms with van der Waals surface area (Å²) in [6.07, 6.45) is 3.01. The molecular formula is C15H19N3O4S. The predicted molar refractivity (Wildman–Crippen MR) is 86.0 cm³/mol. The minimum atomic E-state index is -3.81. The summed E-state index contributed by atoms with van der Waals surface area (Å²) in [5.41, 5.74) is 5.78.